The van der Waals surface area contributed by atoms with E-state index in [2.05, 4.69) is 0 Å². The van der Waals surface area contributed by atoms with Crippen LogP contribution in [0.4, 0.5) is 0 Å². The van der Waals surface area contributed by atoms with Crippen LogP contribution >= 0.6 is 0 Å². The molecule has 2 aromatic carbocycles. The molecule has 2 N–H and O–H groups in total. The fourth-order valence-electron chi connectivity index (χ4n) is 2.31. The Bertz CT molecular complexity index is 857. The zero-order valence-electron chi connectivity index (χ0n) is 12.8. The normalized spacial score (nSPS) is 12.7. The third-order valence-corrected chi connectivity index (χ3v) is 3.45. The summed E-state index contributed by atoms with van der Waals surface area (Å²) < 4.78 is 5.19. The van der Waals surface area contributed by atoms with E-state index >= 15 is 0 Å². The van der Waals surface area contributed by atoms with Crippen LogP contribution in [-0.2, 0) is 9.63 Å². The van der Waals surface area contributed by atoms with E-state index in [1.54, 1.807) is 24.3 Å². The predicted molar refractivity (Wildman–Crippen MR) is 83.5 cm³/mol. The minimum absolute atomic E-state index is 0.0920. The van der Waals surface area contributed by atoms with Crippen molar-refractivity contribution in [1.29, 1.82) is 0 Å². The molecule has 2 aromatic rings. The summed E-state index contributed by atoms with van der Waals surface area (Å²) in [5.74, 6) is -3.06. The Hall–Kier alpha value is -3.68. The number of para-hydroxylation sites is 1. The van der Waals surface area contributed by atoms with Crippen LogP contribution in [0.3, 0.4) is 0 Å². The van der Waals surface area contributed by atoms with Crippen LogP contribution in [0.1, 0.15) is 31.1 Å². The van der Waals surface area contributed by atoms with Crippen LogP contribution in [0.2, 0.25) is 0 Å². The Morgan fingerprint density at radius 2 is 1.48 bits per heavy atom. The van der Waals surface area contributed by atoms with E-state index in [9.17, 15) is 19.2 Å². The molecule has 0 aliphatic carbocycles. The minimum atomic E-state index is -0.978. The van der Waals surface area contributed by atoms with Gasteiger partial charge in [-0.15, -0.1) is 0 Å². The number of fused-ring (bicyclic) bond motifs is 1. The Labute approximate surface area is 141 Å². The van der Waals surface area contributed by atoms with Crippen molar-refractivity contribution in [3.05, 3.63) is 65.2 Å². The average molecular weight is 340 g/mol. The van der Waals surface area contributed by atoms with Crippen molar-refractivity contribution in [2.45, 2.75) is 0 Å². The molecule has 1 aliphatic heterocycles. The Morgan fingerprint density at radius 1 is 0.920 bits per heavy atom. The molecule has 0 saturated carbocycles. The van der Waals surface area contributed by atoms with E-state index in [0.29, 0.717) is 5.06 Å². The standard InChI is InChI=1S/C17H12N2O6/c18-15(21)12-7-3-4-8-13(12)24-9-14(20)25-19-16(22)10-5-1-2-6-11(10)17(19)23/h1-8H,9H2,(H2,18,21). The highest BCUT2D eigenvalue weighted by Gasteiger charge is 2.38. The van der Waals surface area contributed by atoms with E-state index in [0.717, 1.165) is 0 Å². The van der Waals surface area contributed by atoms with E-state index in [1.165, 1.54) is 24.3 Å². The Balaban J connectivity index is 1.66. The average Bonchev–Trinajstić information content (AvgIpc) is 2.85. The van der Waals surface area contributed by atoms with Crippen molar-refractivity contribution in [3.8, 4) is 5.75 Å². The summed E-state index contributed by atoms with van der Waals surface area (Å²) in [7, 11) is 0. The van der Waals surface area contributed by atoms with Gasteiger partial charge in [0.15, 0.2) is 6.61 Å². The third-order valence-electron chi connectivity index (χ3n) is 3.45. The number of ether oxygens (including phenoxy) is 1. The molecule has 8 nitrogen and oxygen atoms in total. The number of hydrogen-bond donors (Lipinski definition) is 1. The number of carbonyl (C=O) groups is 4. The molecule has 0 spiro atoms. The van der Waals surface area contributed by atoms with Gasteiger partial charge in [-0.25, -0.2) is 4.79 Å². The monoisotopic (exact) mass is 340 g/mol. The number of nitrogens with two attached hydrogens (primary N) is 1. The Morgan fingerprint density at radius 3 is 2.08 bits per heavy atom. The number of amides is 3. The van der Waals surface area contributed by atoms with Crippen molar-refractivity contribution in [2.75, 3.05) is 6.61 Å². The SMILES string of the molecule is NC(=O)c1ccccc1OCC(=O)ON1C(=O)c2ccccc2C1=O. The van der Waals surface area contributed by atoms with Crippen molar-refractivity contribution in [2.24, 2.45) is 5.73 Å². The number of imide groups is 1. The van der Waals surface area contributed by atoms with Crippen molar-refractivity contribution in [1.82, 2.24) is 5.06 Å². The molecule has 0 bridgehead atoms. The highest BCUT2D eigenvalue weighted by molar-refractivity contribution is 6.20. The van der Waals surface area contributed by atoms with Gasteiger partial charge < -0.3 is 15.3 Å². The summed E-state index contributed by atoms with van der Waals surface area (Å²) in [6.45, 7) is -0.613. The largest absolute Gasteiger partial charge is 0.481 e. The molecule has 126 valence electrons. The van der Waals surface area contributed by atoms with Crippen LogP contribution in [-0.4, -0.2) is 35.4 Å². The number of hydrogen-bond acceptors (Lipinski definition) is 6. The second-order valence-corrected chi connectivity index (χ2v) is 5.06. The van der Waals surface area contributed by atoms with Gasteiger partial charge in [0.2, 0.25) is 0 Å². The van der Waals surface area contributed by atoms with E-state index < -0.39 is 30.3 Å². The van der Waals surface area contributed by atoms with Gasteiger partial charge in [-0.3, -0.25) is 14.4 Å². The highest BCUT2D eigenvalue weighted by atomic mass is 16.7. The summed E-state index contributed by atoms with van der Waals surface area (Å²) >= 11 is 0. The first-order valence-electron chi connectivity index (χ1n) is 7.19. The maximum Gasteiger partial charge on any atom is 0.370 e. The van der Waals surface area contributed by atoms with Gasteiger partial charge in [-0.2, -0.15) is 0 Å². The minimum Gasteiger partial charge on any atom is -0.481 e. The van der Waals surface area contributed by atoms with Gasteiger partial charge in [0.1, 0.15) is 5.75 Å². The van der Waals surface area contributed by atoms with Gasteiger partial charge in [0.25, 0.3) is 17.7 Å². The number of nitrogens with zero attached hydrogens (tertiary/aromatic N) is 1. The number of benzene rings is 2. The zero-order chi connectivity index (χ0) is 18.0. The maximum atomic E-state index is 12.1. The molecule has 25 heavy (non-hydrogen) atoms. The molecule has 0 unspecified atom stereocenters. The van der Waals surface area contributed by atoms with Crippen LogP contribution in [0.15, 0.2) is 48.5 Å². The van der Waals surface area contributed by atoms with Gasteiger partial charge in [0, 0.05) is 0 Å². The number of rotatable bonds is 5. The lowest BCUT2D eigenvalue weighted by molar-refractivity contribution is -0.170. The second-order valence-electron chi connectivity index (χ2n) is 5.06. The van der Waals surface area contributed by atoms with Crippen LogP contribution in [0.5, 0.6) is 5.75 Å². The van der Waals surface area contributed by atoms with Gasteiger partial charge in [-0.1, -0.05) is 29.3 Å². The second kappa shape index (κ2) is 6.44. The molecule has 0 radical (unpaired) electrons. The first-order valence-corrected chi connectivity index (χ1v) is 7.19. The van der Waals surface area contributed by atoms with Crippen LogP contribution in [0.25, 0.3) is 0 Å². The van der Waals surface area contributed by atoms with Gasteiger partial charge in [-0.05, 0) is 24.3 Å². The highest BCUT2D eigenvalue weighted by Crippen LogP contribution is 2.23. The summed E-state index contributed by atoms with van der Waals surface area (Å²) in [6, 6.07) is 12.2. The van der Waals surface area contributed by atoms with E-state index in [4.69, 9.17) is 15.3 Å². The topological polar surface area (TPSA) is 116 Å². The van der Waals surface area contributed by atoms with Crippen molar-refractivity contribution >= 4 is 23.7 Å². The molecule has 0 fully saturated rings. The molecule has 3 amide bonds. The summed E-state index contributed by atoms with van der Waals surface area (Å²) in [5.41, 5.74) is 5.61. The number of hydroxylamine groups is 2. The molecular weight excluding hydrogens is 328 g/mol. The van der Waals surface area contributed by atoms with Gasteiger partial charge >= 0.3 is 5.97 Å². The van der Waals surface area contributed by atoms with E-state index in [1.807, 2.05) is 0 Å². The molecule has 0 saturated heterocycles. The lowest BCUT2D eigenvalue weighted by atomic mass is 10.1. The zero-order valence-corrected chi connectivity index (χ0v) is 12.8. The molecule has 0 atom stereocenters. The molecule has 8 heteroatoms. The van der Waals surface area contributed by atoms with E-state index in [-0.39, 0.29) is 22.4 Å². The molecule has 1 heterocycles. The van der Waals surface area contributed by atoms with Crippen LogP contribution < -0.4 is 10.5 Å². The van der Waals surface area contributed by atoms with Crippen LogP contribution in [0, 0.1) is 0 Å². The molecular formula is C17H12N2O6. The van der Waals surface area contributed by atoms with Crippen molar-refractivity contribution in [3.63, 3.8) is 0 Å². The Kier molecular flexibility index (Phi) is 4.17. The lowest BCUT2D eigenvalue weighted by Gasteiger charge is -2.13. The van der Waals surface area contributed by atoms with Crippen molar-refractivity contribution < 1.29 is 28.8 Å². The van der Waals surface area contributed by atoms with Gasteiger partial charge in [0.05, 0.1) is 16.7 Å². The lowest BCUT2D eigenvalue weighted by Crippen LogP contribution is -2.34. The fraction of sp³-hybridized carbons (Fsp3) is 0.0588. The third kappa shape index (κ3) is 3.05. The summed E-state index contributed by atoms with van der Waals surface area (Å²) in [5, 5.41) is 0.385. The first kappa shape index (κ1) is 16.2. The molecule has 1 aliphatic rings. The smallest absolute Gasteiger partial charge is 0.370 e. The quantitative estimate of drug-likeness (QED) is 0.809. The first-order chi connectivity index (χ1) is 12.0. The predicted octanol–water partition coefficient (Wildman–Crippen LogP) is 0.919. The molecule has 0 aromatic heterocycles. The summed E-state index contributed by atoms with van der Waals surface area (Å²) in [6.07, 6.45) is 0. The number of carbonyl (C=O) groups excluding carboxylic acids is 4. The fourth-order valence-corrected chi connectivity index (χ4v) is 2.31. The maximum absolute atomic E-state index is 12.1. The summed E-state index contributed by atoms with van der Waals surface area (Å²) in [4.78, 5) is 52.1. The number of primary amides is 1. The molecule has 3 rings (SSSR count).